The Balaban J connectivity index is 0.000000868. The summed E-state index contributed by atoms with van der Waals surface area (Å²) in [5, 5.41) is 5.21. The Morgan fingerprint density at radius 2 is 1.15 bits per heavy atom. The summed E-state index contributed by atoms with van der Waals surface area (Å²) in [6.45, 7) is 8.71. The molecule has 0 spiro atoms. The van der Waals surface area contributed by atoms with Crippen LogP contribution < -0.4 is 0 Å². The van der Waals surface area contributed by atoms with Crippen LogP contribution in [0.4, 0.5) is 5.69 Å². The fourth-order valence-electron chi connectivity index (χ4n) is 5.28. The Morgan fingerprint density at radius 3 is 1.68 bits per heavy atom. The van der Waals surface area contributed by atoms with Gasteiger partial charge in [0.05, 0.1) is 0 Å². The van der Waals surface area contributed by atoms with Gasteiger partial charge >= 0.3 is 35.6 Å². The Morgan fingerprint density at radius 1 is 0.706 bits per heavy atom. The Kier molecular flexibility index (Phi) is 8.22. The third kappa shape index (κ3) is 5.00. The molecule has 0 heterocycles. The van der Waals surface area contributed by atoms with Crippen LogP contribution >= 0.6 is 18.6 Å². The van der Waals surface area contributed by atoms with Crippen molar-refractivity contribution < 1.29 is 17.0 Å². The van der Waals surface area contributed by atoms with Gasteiger partial charge < -0.3 is 5.32 Å². The van der Waals surface area contributed by atoms with Crippen molar-refractivity contribution >= 4 is 24.3 Å². The standard InChI is InChI=1S/C30H28N.2ClH.Ti/c1-19-17-20(2)30(21(3)18-19)31-22(4)23-11-5-8-14-26(23)29-27-15-9-6-12-24(27)25-13-7-10-16-28(25)29;;;/h5-18,22,29H,1-4H3;2*1H;/q-1;;;+2/p-2. The van der Waals surface area contributed by atoms with Gasteiger partial charge in [-0.2, -0.15) is 0 Å². The molecule has 1 atom stereocenters. The summed E-state index contributed by atoms with van der Waals surface area (Å²) in [4.78, 5) is 0. The van der Waals surface area contributed by atoms with Crippen LogP contribution in [-0.4, -0.2) is 0 Å². The number of halogens is 2. The van der Waals surface area contributed by atoms with E-state index in [0.717, 1.165) is 5.69 Å². The minimum atomic E-state index is -0.556. The van der Waals surface area contributed by atoms with Gasteiger partial charge in [-0.3, -0.25) is 0 Å². The first-order valence-electron chi connectivity index (χ1n) is 11.5. The van der Waals surface area contributed by atoms with E-state index in [2.05, 4.69) is 113 Å². The van der Waals surface area contributed by atoms with Crippen LogP contribution in [0.15, 0.2) is 84.9 Å². The van der Waals surface area contributed by atoms with Crippen LogP contribution in [-0.2, 0) is 17.0 Å². The average Bonchev–Trinajstić information content (AvgIpc) is 3.16. The zero-order valence-electron chi connectivity index (χ0n) is 19.9. The first-order chi connectivity index (χ1) is 16.5. The van der Waals surface area contributed by atoms with Crippen LogP contribution in [0.1, 0.15) is 57.8 Å². The van der Waals surface area contributed by atoms with Crippen molar-refractivity contribution in [3.63, 3.8) is 0 Å². The first-order valence-corrected chi connectivity index (χ1v) is 15.8. The van der Waals surface area contributed by atoms with E-state index in [9.17, 15) is 0 Å². The molecule has 1 aliphatic carbocycles. The summed E-state index contributed by atoms with van der Waals surface area (Å²) < 4.78 is 0. The van der Waals surface area contributed by atoms with Gasteiger partial charge in [-0.25, -0.2) is 0 Å². The molecule has 1 aliphatic rings. The van der Waals surface area contributed by atoms with Gasteiger partial charge in [-0.15, -0.1) is 5.69 Å². The predicted molar refractivity (Wildman–Crippen MR) is 143 cm³/mol. The minimum absolute atomic E-state index is 0.0798. The van der Waals surface area contributed by atoms with Crippen LogP contribution in [0, 0.1) is 20.8 Å². The molecule has 1 nitrogen and oxygen atoms in total. The molecule has 0 N–H and O–H groups in total. The van der Waals surface area contributed by atoms with Crippen LogP contribution in [0.2, 0.25) is 0 Å². The van der Waals surface area contributed by atoms with Gasteiger partial charge in [0.2, 0.25) is 0 Å². The maximum absolute atomic E-state index is 5.21. The van der Waals surface area contributed by atoms with Crippen molar-refractivity contribution in [2.75, 3.05) is 0 Å². The second-order valence-corrected chi connectivity index (χ2v) is 11.4. The quantitative estimate of drug-likeness (QED) is 0.209. The summed E-state index contributed by atoms with van der Waals surface area (Å²) in [6.07, 6.45) is 0. The topological polar surface area (TPSA) is 14.1 Å². The normalized spacial score (nSPS) is 12.8. The molecule has 34 heavy (non-hydrogen) atoms. The second kappa shape index (κ2) is 11.1. The first kappa shape index (κ1) is 25.1. The van der Waals surface area contributed by atoms with Crippen molar-refractivity contribution in [3.05, 3.63) is 129 Å². The molecule has 0 saturated carbocycles. The Labute approximate surface area is 220 Å². The van der Waals surface area contributed by atoms with Crippen molar-refractivity contribution in [1.82, 2.24) is 0 Å². The van der Waals surface area contributed by atoms with E-state index >= 15 is 0 Å². The number of rotatable bonds is 4. The van der Waals surface area contributed by atoms with Gasteiger partial charge in [0.25, 0.3) is 0 Å². The van der Waals surface area contributed by atoms with E-state index in [1.807, 2.05) is 0 Å². The molecule has 0 amide bonds. The molecule has 4 aromatic rings. The molecule has 1 unspecified atom stereocenters. The number of hydrogen-bond donors (Lipinski definition) is 0. The van der Waals surface area contributed by atoms with E-state index in [1.165, 1.54) is 50.1 Å². The molecular weight excluding hydrogens is 493 g/mol. The summed E-state index contributed by atoms with van der Waals surface area (Å²) in [6, 6.07) is 31.1. The monoisotopic (exact) mass is 520 g/mol. The summed E-state index contributed by atoms with van der Waals surface area (Å²) in [7, 11) is 9.78. The molecule has 0 aromatic heterocycles. The molecule has 4 heteroatoms. The average molecular weight is 521 g/mol. The zero-order valence-corrected chi connectivity index (χ0v) is 23.0. The van der Waals surface area contributed by atoms with Gasteiger partial charge in [0, 0.05) is 5.92 Å². The van der Waals surface area contributed by atoms with E-state index < -0.39 is 17.0 Å². The summed E-state index contributed by atoms with van der Waals surface area (Å²) in [5.41, 5.74) is 13.1. The maximum atomic E-state index is 5.21. The van der Waals surface area contributed by atoms with Gasteiger partial charge in [0.1, 0.15) is 0 Å². The molecule has 4 aromatic carbocycles. The summed E-state index contributed by atoms with van der Waals surface area (Å²) in [5.74, 6) is 0.251. The molecular formula is C30H28Cl2NTi-. The number of benzene rings is 4. The molecule has 0 saturated heterocycles. The number of nitrogens with zero attached hydrogens (tertiary/aromatic N) is 1. The Hall–Kier alpha value is -2.03. The predicted octanol–water partition coefficient (Wildman–Crippen LogP) is 9.92. The van der Waals surface area contributed by atoms with Crippen molar-refractivity contribution in [3.8, 4) is 11.1 Å². The van der Waals surface area contributed by atoms with Gasteiger partial charge in [-0.1, -0.05) is 120 Å². The SMILES string of the molecule is Cc1cc(C)c([N-]C(C)c2ccccc2C2c3ccccc3-c3ccccc32)c(C)c1.[Cl][Ti][Cl]. The number of hydrogen-bond acceptors (Lipinski definition) is 0. The van der Waals surface area contributed by atoms with Gasteiger partial charge in [0.15, 0.2) is 0 Å². The van der Waals surface area contributed by atoms with Crippen LogP contribution in [0.3, 0.4) is 0 Å². The zero-order chi connectivity index (χ0) is 24.2. The number of fused-ring (bicyclic) bond motifs is 3. The molecule has 5 rings (SSSR count). The van der Waals surface area contributed by atoms with Crippen molar-refractivity contribution in [2.45, 2.75) is 39.7 Å². The van der Waals surface area contributed by atoms with E-state index in [0.29, 0.717) is 0 Å². The van der Waals surface area contributed by atoms with Crippen LogP contribution in [0.5, 0.6) is 0 Å². The Bertz CT molecular complexity index is 1230. The van der Waals surface area contributed by atoms with E-state index in [4.69, 9.17) is 23.9 Å². The van der Waals surface area contributed by atoms with Crippen molar-refractivity contribution in [2.24, 2.45) is 0 Å². The fourth-order valence-corrected chi connectivity index (χ4v) is 5.28. The van der Waals surface area contributed by atoms with E-state index in [1.54, 1.807) is 0 Å². The molecule has 0 radical (unpaired) electrons. The number of aryl methyl sites for hydroxylation is 3. The fraction of sp³-hybridized carbons (Fsp3) is 0.200. The van der Waals surface area contributed by atoms with Crippen molar-refractivity contribution in [1.29, 1.82) is 0 Å². The third-order valence-corrected chi connectivity index (χ3v) is 6.55. The van der Waals surface area contributed by atoms with E-state index in [-0.39, 0.29) is 12.0 Å². The second-order valence-electron chi connectivity index (χ2n) is 8.86. The molecule has 0 aliphatic heterocycles. The summed E-state index contributed by atoms with van der Waals surface area (Å²) >= 11 is -0.556. The molecule has 0 fully saturated rings. The van der Waals surface area contributed by atoms with Gasteiger partial charge in [-0.05, 0) is 48.6 Å². The third-order valence-electron chi connectivity index (χ3n) is 6.55. The molecule has 172 valence electrons. The van der Waals surface area contributed by atoms with Crippen LogP contribution in [0.25, 0.3) is 16.4 Å². The molecule has 0 bridgehead atoms.